The quantitative estimate of drug-likeness (QED) is 0.164. The molecule has 0 fully saturated rings. The summed E-state index contributed by atoms with van der Waals surface area (Å²) in [6.45, 7) is 0. The van der Waals surface area contributed by atoms with Crippen molar-refractivity contribution in [3.05, 3.63) is 188 Å². The first-order chi connectivity index (χ1) is 26.3. The minimum absolute atomic E-state index is 0.164. The van der Waals surface area contributed by atoms with Gasteiger partial charge in [-0.05, 0) is 47.9 Å². The van der Waals surface area contributed by atoms with Crippen LogP contribution in [0.25, 0.3) is 83.4 Å². The third-order valence-electron chi connectivity index (χ3n) is 10.2. The summed E-state index contributed by atoms with van der Waals surface area (Å²) in [5.74, 6) is 1.91. The summed E-state index contributed by atoms with van der Waals surface area (Å²) in [6, 6.07) is 52.8. The summed E-state index contributed by atoms with van der Waals surface area (Å²) in [4.78, 5) is 20.2. The average Bonchev–Trinajstić information content (AvgIpc) is 3.66. The molecule has 250 valence electrons. The maximum absolute atomic E-state index is 5.39. The van der Waals surface area contributed by atoms with E-state index in [4.69, 9.17) is 19.9 Å². The Hall–Kier alpha value is -6.98. The van der Waals surface area contributed by atoms with Gasteiger partial charge < -0.3 is 0 Å². The highest BCUT2D eigenvalue weighted by atomic mass is 15.1. The normalized spacial score (nSPS) is 14.0. The van der Waals surface area contributed by atoms with Crippen LogP contribution >= 0.6 is 0 Å². The van der Waals surface area contributed by atoms with Crippen molar-refractivity contribution < 1.29 is 0 Å². The summed E-state index contributed by atoms with van der Waals surface area (Å²) >= 11 is 0. The van der Waals surface area contributed by atoms with E-state index in [1.54, 1.807) is 0 Å². The van der Waals surface area contributed by atoms with Crippen LogP contribution in [0.2, 0.25) is 0 Å². The molecule has 53 heavy (non-hydrogen) atoms. The molecule has 5 nitrogen and oxygen atoms in total. The maximum Gasteiger partial charge on any atom is 0.160 e. The topological polar surface area (TPSA) is 56.5 Å². The van der Waals surface area contributed by atoms with E-state index >= 15 is 0 Å². The number of benzene rings is 6. The van der Waals surface area contributed by atoms with Gasteiger partial charge in [0.2, 0.25) is 0 Å². The van der Waals surface area contributed by atoms with Gasteiger partial charge in [-0.1, -0.05) is 146 Å². The highest BCUT2D eigenvalue weighted by Crippen LogP contribution is 2.39. The lowest BCUT2D eigenvalue weighted by Crippen LogP contribution is -2.07. The molecule has 1 aliphatic rings. The van der Waals surface area contributed by atoms with Crippen molar-refractivity contribution in [1.82, 2.24) is 24.5 Å². The monoisotopic (exact) mass is 679 g/mol. The number of rotatable bonds is 6. The minimum Gasteiger partial charge on any atom is -0.295 e. The van der Waals surface area contributed by atoms with Crippen molar-refractivity contribution in [3.63, 3.8) is 0 Å². The van der Waals surface area contributed by atoms with E-state index in [-0.39, 0.29) is 5.92 Å². The fourth-order valence-corrected chi connectivity index (χ4v) is 7.57. The molecule has 3 aromatic heterocycles. The van der Waals surface area contributed by atoms with E-state index in [1.807, 2.05) is 48.7 Å². The Labute approximate surface area is 307 Å². The van der Waals surface area contributed by atoms with Crippen LogP contribution in [0, 0.1) is 0 Å². The van der Waals surface area contributed by atoms with Gasteiger partial charge in [-0.2, -0.15) is 0 Å². The molecule has 6 aromatic carbocycles. The number of imidazole rings is 1. The molecule has 1 unspecified atom stereocenters. The smallest absolute Gasteiger partial charge is 0.160 e. The third kappa shape index (κ3) is 5.51. The average molecular weight is 680 g/mol. The second-order valence-corrected chi connectivity index (χ2v) is 13.4. The third-order valence-corrected chi connectivity index (χ3v) is 10.2. The molecule has 0 spiro atoms. The largest absolute Gasteiger partial charge is 0.295 e. The molecule has 1 aliphatic carbocycles. The number of nitrogens with zero attached hydrogens (tertiary/aromatic N) is 5. The highest BCUT2D eigenvalue weighted by molar-refractivity contribution is 6.22. The van der Waals surface area contributed by atoms with Crippen molar-refractivity contribution in [2.24, 2.45) is 0 Å². The Balaban J connectivity index is 1.05. The van der Waals surface area contributed by atoms with Gasteiger partial charge in [0.1, 0.15) is 5.82 Å². The first kappa shape index (κ1) is 30.8. The number of pyridine rings is 1. The predicted molar refractivity (Wildman–Crippen MR) is 217 cm³/mol. The summed E-state index contributed by atoms with van der Waals surface area (Å²) in [5, 5.41) is 3.36. The number of hydrogen-bond acceptors (Lipinski definition) is 4. The van der Waals surface area contributed by atoms with Crippen molar-refractivity contribution in [2.45, 2.75) is 12.3 Å². The van der Waals surface area contributed by atoms with Crippen LogP contribution in [0.5, 0.6) is 0 Å². The van der Waals surface area contributed by atoms with Crippen LogP contribution in [0.4, 0.5) is 0 Å². The molecule has 0 amide bonds. The molecule has 9 aromatic rings. The van der Waals surface area contributed by atoms with Gasteiger partial charge in [0.15, 0.2) is 5.82 Å². The molecule has 0 saturated carbocycles. The molecule has 0 N–H and O–H groups in total. The second-order valence-electron chi connectivity index (χ2n) is 13.4. The van der Waals surface area contributed by atoms with Crippen LogP contribution in [-0.4, -0.2) is 24.5 Å². The highest BCUT2D eigenvalue weighted by Gasteiger charge is 2.23. The van der Waals surface area contributed by atoms with E-state index in [1.165, 1.54) is 0 Å². The fraction of sp³-hybridized carbons (Fsp3) is 0.0417. The number of hydrogen-bond donors (Lipinski definition) is 0. The number of fused-ring (bicyclic) bond motifs is 6. The Bertz CT molecular complexity index is 2780. The minimum atomic E-state index is 0.164. The molecule has 3 heterocycles. The van der Waals surface area contributed by atoms with E-state index in [0.717, 1.165) is 89.8 Å². The Kier molecular flexibility index (Phi) is 7.54. The Morgan fingerprint density at radius 2 is 1.09 bits per heavy atom. The van der Waals surface area contributed by atoms with Crippen molar-refractivity contribution in [2.75, 3.05) is 0 Å². The summed E-state index contributed by atoms with van der Waals surface area (Å²) in [5.41, 5.74) is 11.3. The van der Waals surface area contributed by atoms with Crippen LogP contribution in [0.15, 0.2) is 182 Å². The standard InChI is InChI=1S/C48H33N5/c1-4-13-34(14-5-1)42-31-43(51-47(50-42)36-15-6-2-7-16-36)35-24-22-32(23-25-35)33-26-28-38(29-27-33)53-46-40-20-11-10-19-39(40)44-41(21-12-30-49-44)45(46)52-48(53)37-17-8-3-9-18-37/h1-17,19-31,37H,18H2. The zero-order valence-electron chi connectivity index (χ0n) is 28.8. The van der Waals surface area contributed by atoms with Gasteiger partial charge in [-0.3, -0.25) is 9.55 Å². The lowest BCUT2D eigenvalue weighted by Gasteiger charge is -2.17. The van der Waals surface area contributed by atoms with Gasteiger partial charge in [0, 0.05) is 50.7 Å². The molecule has 0 saturated heterocycles. The van der Waals surface area contributed by atoms with E-state index in [2.05, 4.69) is 138 Å². The molecule has 1 atom stereocenters. The van der Waals surface area contributed by atoms with Crippen molar-refractivity contribution in [3.8, 4) is 50.7 Å². The first-order valence-corrected chi connectivity index (χ1v) is 18.0. The summed E-state index contributed by atoms with van der Waals surface area (Å²) < 4.78 is 2.37. The van der Waals surface area contributed by atoms with Crippen molar-refractivity contribution >= 4 is 32.7 Å². The zero-order chi connectivity index (χ0) is 35.1. The first-order valence-electron chi connectivity index (χ1n) is 18.0. The molecule has 5 heteroatoms. The molecule has 0 aliphatic heterocycles. The lowest BCUT2D eigenvalue weighted by molar-refractivity contribution is 0.759. The molecule has 10 rings (SSSR count). The van der Waals surface area contributed by atoms with Crippen LogP contribution in [0.3, 0.4) is 0 Å². The van der Waals surface area contributed by atoms with Crippen LogP contribution in [0.1, 0.15) is 18.2 Å². The van der Waals surface area contributed by atoms with Gasteiger partial charge in [-0.25, -0.2) is 15.0 Å². The predicted octanol–water partition coefficient (Wildman–Crippen LogP) is 11.8. The number of aromatic nitrogens is 5. The van der Waals surface area contributed by atoms with Gasteiger partial charge in [-0.15, -0.1) is 0 Å². The van der Waals surface area contributed by atoms with Crippen LogP contribution < -0.4 is 0 Å². The SMILES string of the molecule is C1=CCC(c2nc3c4cccnc4c4ccccc4c3n2-c2ccc(-c3ccc(-c4cc(-c5ccccc5)nc(-c5ccccc5)n4)cc3)cc2)C=C1. The molecular weight excluding hydrogens is 647 g/mol. The Morgan fingerprint density at radius 3 is 1.79 bits per heavy atom. The fourth-order valence-electron chi connectivity index (χ4n) is 7.57. The van der Waals surface area contributed by atoms with E-state index < -0.39 is 0 Å². The molecular formula is C48H33N5. The van der Waals surface area contributed by atoms with E-state index in [0.29, 0.717) is 5.82 Å². The molecule has 0 bridgehead atoms. The van der Waals surface area contributed by atoms with Crippen molar-refractivity contribution in [1.29, 1.82) is 0 Å². The summed E-state index contributed by atoms with van der Waals surface area (Å²) in [6.07, 6.45) is 11.5. The van der Waals surface area contributed by atoms with Gasteiger partial charge >= 0.3 is 0 Å². The zero-order valence-corrected chi connectivity index (χ0v) is 28.8. The summed E-state index contributed by atoms with van der Waals surface area (Å²) in [7, 11) is 0. The maximum atomic E-state index is 5.39. The second kappa shape index (κ2) is 13.0. The number of allylic oxidation sites excluding steroid dienone is 4. The molecule has 0 radical (unpaired) electrons. The van der Waals surface area contributed by atoms with Crippen LogP contribution in [-0.2, 0) is 0 Å². The van der Waals surface area contributed by atoms with E-state index in [9.17, 15) is 0 Å². The lowest BCUT2D eigenvalue weighted by atomic mass is 9.99. The van der Waals surface area contributed by atoms with Gasteiger partial charge in [0.05, 0.1) is 27.9 Å². The Morgan fingerprint density at radius 1 is 0.491 bits per heavy atom. The van der Waals surface area contributed by atoms with Gasteiger partial charge in [0.25, 0.3) is 0 Å².